The number of rotatable bonds is 6. The van der Waals surface area contributed by atoms with E-state index in [1.807, 2.05) is 13.0 Å². The number of hydrogen-bond acceptors (Lipinski definition) is 5. The summed E-state index contributed by atoms with van der Waals surface area (Å²) in [6.45, 7) is 1.91. The molecule has 3 N–H and O–H groups in total. The van der Waals surface area contributed by atoms with Crippen LogP contribution in [0, 0.1) is 6.92 Å². The van der Waals surface area contributed by atoms with Gasteiger partial charge in [0, 0.05) is 17.2 Å². The SMILES string of the molecule is COc1cccc(C(=O)c2cnn(-c3cc(C(=O)NC4CC4)ccc3C)c2N)c1. The van der Waals surface area contributed by atoms with Crippen molar-refractivity contribution in [1.29, 1.82) is 0 Å². The van der Waals surface area contributed by atoms with Gasteiger partial charge in [-0.1, -0.05) is 18.2 Å². The second-order valence-electron chi connectivity index (χ2n) is 7.17. The summed E-state index contributed by atoms with van der Waals surface area (Å²) in [4.78, 5) is 25.3. The van der Waals surface area contributed by atoms with E-state index in [4.69, 9.17) is 10.5 Å². The predicted molar refractivity (Wildman–Crippen MR) is 110 cm³/mol. The van der Waals surface area contributed by atoms with Crippen LogP contribution in [0.4, 0.5) is 5.82 Å². The number of nitrogens with zero attached hydrogens (tertiary/aromatic N) is 2. The molecule has 1 amide bonds. The fraction of sp³-hybridized carbons (Fsp3) is 0.227. The molecule has 0 atom stereocenters. The summed E-state index contributed by atoms with van der Waals surface area (Å²) >= 11 is 0. The zero-order chi connectivity index (χ0) is 20.5. The van der Waals surface area contributed by atoms with Gasteiger partial charge in [0.25, 0.3) is 5.91 Å². The van der Waals surface area contributed by atoms with Crippen molar-refractivity contribution in [3.63, 3.8) is 0 Å². The van der Waals surface area contributed by atoms with Gasteiger partial charge < -0.3 is 15.8 Å². The van der Waals surface area contributed by atoms with Crippen molar-refractivity contribution < 1.29 is 14.3 Å². The third kappa shape index (κ3) is 3.71. The molecule has 0 bridgehead atoms. The van der Waals surface area contributed by atoms with E-state index in [1.54, 1.807) is 43.5 Å². The number of amides is 1. The molecule has 1 aliphatic rings. The molecule has 0 radical (unpaired) electrons. The smallest absolute Gasteiger partial charge is 0.251 e. The van der Waals surface area contributed by atoms with Crippen LogP contribution in [-0.2, 0) is 0 Å². The third-order valence-corrected chi connectivity index (χ3v) is 5.00. The van der Waals surface area contributed by atoms with Crippen LogP contribution >= 0.6 is 0 Å². The maximum Gasteiger partial charge on any atom is 0.251 e. The van der Waals surface area contributed by atoms with Gasteiger partial charge in [0.15, 0.2) is 5.78 Å². The van der Waals surface area contributed by atoms with Crippen molar-refractivity contribution in [2.45, 2.75) is 25.8 Å². The Morgan fingerprint density at radius 1 is 1.17 bits per heavy atom. The average molecular weight is 390 g/mol. The molecule has 1 saturated carbocycles. The largest absolute Gasteiger partial charge is 0.497 e. The number of ether oxygens (including phenoxy) is 1. The summed E-state index contributed by atoms with van der Waals surface area (Å²) < 4.78 is 6.68. The molecule has 1 aromatic heterocycles. The summed E-state index contributed by atoms with van der Waals surface area (Å²) in [5.41, 5.74) is 9.13. The zero-order valence-corrected chi connectivity index (χ0v) is 16.3. The van der Waals surface area contributed by atoms with E-state index >= 15 is 0 Å². The predicted octanol–water partition coefficient (Wildman–Crippen LogP) is 2.89. The number of aryl methyl sites for hydroxylation is 1. The monoisotopic (exact) mass is 390 g/mol. The van der Waals surface area contributed by atoms with Crippen LogP contribution in [0.1, 0.15) is 44.7 Å². The highest BCUT2D eigenvalue weighted by Gasteiger charge is 2.24. The van der Waals surface area contributed by atoms with E-state index in [0.717, 1.165) is 18.4 Å². The number of nitrogen functional groups attached to an aromatic ring is 1. The highest BCUT2D eigenvalue weighted by molar-refractivity contribution is 6.11. The third-order valence-electron chi connectivity index (χ3n) is 5.00. The molecule has 0 unspecified atom stereocenters. The number of anilines is 1. The highest BCUT2D eigenvalue weighted by atomic mass is 16.5. The van der Waals surface area contributed by atoms with Gasteiger partial charge in [-0.2, -0.15) is 5.10 Å². The minimum Gasteiger partial charge on any atom is -0.497 e. The summed E-state index contributed by atoms with van der Waals surface area (Å²) in [6, 6.07) is 12.5. The lowest BCUT2D eigenvalue weighted by molar-refractivity contribution is 0.0950. The first-order valence-electron chi connectivity index (χ1n) is 9.42. The minimum absolute atomic E-state index is 0.118. The number of aromatic nitrogens is 2. The van der Waals surface area contributed by atoms with Crippen LogP contribution in [0.15, 0.2) is 48.7 Å². The average Bonchev–Trinajstić information content (AvgIpc) is 3.47. The fourth-order valence-electron chi connectivity index (χ4n) is 3.12. The Kier molecular flexibility index (Phi) is 4.80. The second-order valence-corrected chi connectivity index (χ2v) is 7.17. The summed E-state index contributed by atoms with van der Waals surface area (Å²) in [5, 5.41) is 7.29. The van der Waals surface area contributed by atoms with Crippen molar-refractivity contribution in [3.8, 4) is 11.4 Å². The maximum absolute atomic E-state index is 12.9. The molecule has 2 aromatic carbocycles. The first-order chi connectivity index (χ1) is 14.0. The van der Waals surface area contributed by atoms with E-state index in [9.17, 15) is 9.59 Å². The molecule has 0 aliphatic heterocycles. The highest BCUT2D eigenvalue weighted by Crippen LogP contribution is 2.25. The van der Waals surface area contributed by atoms with E-state index in [2.05, 4.69) is 10.4 Å². The Labute approximate surface area is 168 Å². The van der Waals surface area contributed by atoms with Crippen LogP contribution in [0.25, 0.3) is 5.69 Å². The van der Waals surface area contributed by atoms with Gasteiger partial charge in [-0.3, -0.25) is 9.59 Å². The second kappa shape index (κ2) is 7.43. The molecule has 7 nitrogen and oxygen atoms in total. The van der Waals surface area contributed by atoms with Gasteiger partial charge in [0.2, 0.25) is 0 Å². The van der Waals surface area contributed by atoms with Gasteiger partial charge >= 0.3 is 0 Å². The molecule has 7 heteroatoms. The number of carbonyl (C=O) groups is 2. The fourth-order valence-corrected chi connectivity index (χ4v) is 3.12. The number of ketones is 1. The number of methoxy groups -OCH3 is 1. The number of carbonyl (C=O) groups excluding carboxylic acids is 2. The lowest BCUT2D eigenvalue weighted by Crippen LogP contribution is -2.25. The molecular weight excluding hydrogens is 368 g/mol. The van der Waals surface area contributed by atoms with Gasteiger partial charge in [-0.15, -0.1) is 0 Å². The van der Waals surface area contributed by atoms with E-state index in [0.29, 0.717) is 28.1 Å². The summed E-state index contributed by atoms with van der Waals surface area (Å²) in [5.74, 6) is 0.452. The number of benzene rings is 2. The molecule has 1 heterocycles. The van der Waals surface area contributed by atoms with E-state index in [1.165, 1.54) is 10.9 Å². The van der Waals surface area contributed by atoms with Gasteiger partial charge in [-0.05, 0) is 49.6 Å². The Bertz CT molecular complexity index is 1100. The molecule has 3 aromatic rings. The summed E-state index contributed by atoms with van der Waals surface area (Å²) in [6.07, 6.45) is 3.49. The van der Waals surface area contributed by atoms with Crippen molar-refractivity contribution in [2.24, 2.45) is 0 Å². The first kappa shape index (κ1) is 18.7. The number of hydrogen-bond donors (Lipinski definition) is 2. The lowest BCUT2D eigenvalue weighted by atomic mass is 10.1. The maximum atomic E-state index is 12.9. The van der Waals surface area contributed by atoms with Crippen molar-refractivity contribution in [2.75, 3.05) is 12.8 Å². The zero-order valence-electron chi connectivity index (χ0n) is 16.3. The quantitative estimate of drug-likeness (QED) is 0.631. The normalized spacial score (nSPS) is 13.2. The van der Waals surface area contributed by atoms with Gasteiger partial charge in [-0.25, -0.2) is 4.68 Å². The molecule has 0 spiro atoms. The van der Waals surface area contributed by atoms with Gasteiger partial charge in [0.05, 0.1) is 24.6 Å². The van der Waals surface area contributed by atoms with Gasteiger partial charge in [0.1, 0.15) is 11.6 Å². The standard InChI is InChI=1S/C22H22N4O3/c1-13-6-7-15(22(28)25-16-8-9-16)11-19(13)26-21(23)18(12-24-26)20(27)14-4-3-5-17(10-14)29-2/h3-7,10-12,16H,8-9,23H2,1-2H3,(H,25,28). The first-order valence-corrected chi connectivity index (χ1v) is 9.42. The molecule has 29 heavy (non-hydrogen) atoms. The molecule has 1 fully saturated rings. The number of nitrogens with one attached hydrogen (secondary N) is 1. The Balaban J connectivity index is 1.67. The Morgan fingerprint density at radius 3 is 2.69 bits per heavy atom. The Hall–Kier alpha value is -3.61. The molecular formula is C22H22N4O3. The van der Waals surface area contributed by atoms with Crippen molar-refractivity contribution in [3.05, 3.63) is 70.9 Å². The topological polar surface area (TPSA) is 99.2 Å². The van der Waals surface area contributed by atoms with E-state index in [-0.39, 0.29) is 23.6 Å². The molecule has 4 rings (SSSR count). The van der Waals surface area contributed by atoms with Crippen LogP contribution < -0.4 is 15.8 Å². The molecule has 0 saturated heterocycles. The van der Waals surface area contributed by atoms with Crippen molar-refractivity contribution >= 4 is 17.5 Å². The lowest BCUT2D eigenvalue weighted by Gasteiger charge is -2.11. The Morgan fingerprint density at radius 2 is 1.97 bits per heavy atom. The van der Waals surface area contributed by atoms with Crippen LogP contribution in [0.2, 0.25) is 0 Å². The van der Waals surface area contributed by atoms with Crippen LogP contribution in [0.3, 0.4) is 0 Å². The number of nitrogens with two attached hydrogens (primary N) is 1. The molecule has 148 valence electrons. The van der Waals surface area contributed by atoms with Crippen molar-refractivity contribution in [1.82, 2.24) is 15.1 Å². The van der Waals surface area contributed by atoms with E-state index < -0.39 is 0 Å². The minimum atomic E-state index is -0.243. The summed E-state index contributed by atoms with van der Waals surface area (Å²) in [7, 11) is 1.55. The van der Waals surface area contributed by atoms with Crippen LogP contribution in [0.5, 0.6) is 5.75 Å². The molecule has 1 aliphatic carbocycles. The van der Waals surface area contributed by atoms with Crippen LogP contribution in [-0.4, -0.2) is 34.6 Å².